The Kier molecular flexibility index (Phi) is 4.15. The van der Waals surface area contributed by atoms with Crippen molar-refractivity contribution in [2.75, 3.05) is 6.54 Å². The van der Waals surface area contributed by atoms with E-state index < -0.39 is 17.6 Å². The van der Waals surface area contributed by atoms with E-state index in [1.54, 1.807) is 12.1 Å². The number of fused-ring (bicyclic) bond motifs is 1. The zero-order valence-corrected chi connectivity index (χ0v) is 12.3. The number of nitrogens with zero attached hydrogens (tertiary/aromatic N) is 4. The summed E-state index contributed by atoms with van der Waals surface area (Å²) < 4.78 is 40.1. The molecule has 0 unspecified atom stereocenters. The fourth-order valence-corrected chi connectivity index (χ4v) is 2.30. The maximum atomic E-state index is 12.9. The molecule has 2 heterocycles. The van der Waals surface area contributed by atoms with Crippen LogP contribution in [0, 0.1) is 0 Å². The number of alkyl halides is 3. The normalized spacial score (nSPS) is 11.6. The van der Waals surface area contributed by atoms with Gasteiger partial charge in [0.05, 0.1) is 11.1 Å². The molecule has 0 radical (unpaired) electrons. The Morgan fingerprint density at radius 2 is 1.96 bits per heavy atom. The molecular weight excluding hydrogens is 323 g/mol. The second-order valence-corrected chi connectivity index (χ2v) is 5.06. The predicted octanol–water partition coefficient (Wildman–Crippen LogP) is 2.12. The van der Waals surface area contributed by atoms with E-state index in [-0.39, 0.29) is 18.5 Å². The van der Waals surface area contributed by atoms with Crippen molar-refractivity contribution in [1.29, 1.82) is 0 Å². The van der Waals surface area contributed by atoms with Crippen LogP contribution in [0.5, 0.6) is 0 Å². The number of halogens is 3. The number of carbonyl (C=O) groups excluding carboxylic acids is 1. The third kappa shape index (κ3) is 3.34. The van der Waals surface area contributed by atoms with Crippen LogP contribution in [0.15, 0.2) is 42.6 Å². The quantitative estimate of drug-likeness (QED) is 0.793. The van der Waals surface area contributed by atoms with Crippen molar-refractivity contribution >= 4 is 11.6 Å². The lowest BCUT2D eigenvalue weighted by atomic mass is 10.0. The molecule has 6 nitrogen and oxygen atoms in total. The zero-order chi connectivity index (χ0) is 17.2. The number of rotatable bonds is 4. The van der Waals surface area contributed by atoms with Gasteiger partial charge in [-0.3, -0.25) is 4.79 Å². The highest BCUT2D eigenvalue weighted by Crippen LogP contribution is 2.31. The maximum absolute atomic E-state index is 12.9. The molecule has 24 heavy (non-hydrogen) atoms. The van der Waals surface area contributed by atoms with Gasteiger partial charge in [0.25, 0.3) is 5.91 Å². The van der Waals surface area contributed by atoms with E-state index in [0.717, 1.165) is 6.07 Å². The second-order valence-electron chi connectivity index (χ2n) is 5.06. The van der Waals surface area contributed by atoms with Gasteiger partial charge in [-0.25, -0.2) is 0 Å². The highest BCUT2D eigenvalue weighted by molar-refractivity contribution is 5.94. The van der Waals surface area contributed by atoms with Gasteiger partial charge < -0.3 is 5.32 Å². The van der Waals surface area contributed by atoms with Crippen LogP contribution in [0.4, 0.5) is 13.2 Å². The smallest absolute Gasteiger partial charge is 0.352 e. The Balaban J connectivity index is 1.65. The molecule has 1 amide bonds. The van der Waals surface area contributed by atoms with Crippen LogP contribution in [-0.2, 0) is 12.6 Å². The lowest BCUT2D eigenvalue weighted by Gasteiger charge is -2.12. The number of aromatic nitrogens is 4. The van der Waals surface area contributed by atoms with Crippen LogP contribution in [0.1, 0.15) is 21.5 Å². The van der Waals surface area contributed by atoms with Crippen molar-refractivity contribution in [2.45, 2.75) is 12.6 Å². The molecule has 0 saturated carbocycles. The summed E-state index contributed by atoms with van der Waals surface area (Å²) in [5.74, 6) is -0.406. The minimum absolute atomic E-state index is 0.0779. The fourth-order valence-electron chi connectivity index (χ4n) is 2.30. The van der Waals surface area contributed by atoms with E-state index in [1.165, 1.54) is 28.9 Å². The molecule has 2 aromatic heterocycles. The number of tetrazole rings is 1. The molecule has 0 aliphatic heterocycles. The average molecular weight is 335 g/mol. The standard InChI is InChI=1S/C15H12F3N5O/c16-15(17,18)12-4-2-1-3-10(12)7-8-19-14(24)11-5-6-13-20-21-22-23(13)9-11/h1-6,9H,7-8H2,(H,19,24). The van der Waals surface area contributed by atoms with Crippen LogP contribution in [0.2, 0.25) is 0 Å². The first kappa shape index (κ1) is 15.9. The Bertz CT molecular complexity index is 875. The zero-order valence-electron chi connectivity index (χ0n) is 12.3. The SMILES string of the molecule is O=C(NCCc1ccccc1C(F)(F)F)c1ccc2nnnn2c1. The number of amides is 1. The summed E-state index contributed by atoms with van der Waals surface area (Å²) in [7, 11) is 0. The number of hydrogen-bond donors (Lipinski definition) is 1. The van der Waals surface area contributed by atoms with Crippen molar-refractivity contribution in [2.24, 2.45) is 0 Å². The molecule has 9 heteroatoms. The van der Waals surface area contributed by atoms with Gasteiger partial charge >= 0.3 is 6.18 Å². The third-order valence-corrected chi connectivity index (χ3v) is 3.46. The molecule has 0 aliphatic rings. The van der Waals surface area contributed by atoms with Gasteiger partial charge in [0, 0.05) is 12.7 Å². The first-order valence-electron chi connectivity index (χ1n) is 7.06. The van der Waals surface area contributed by atoms with E-state index in [9.17, 15) is 18.0 Å². The topological polar surface area (TPSA) is 72.2 Å². The van der Waals surface area contributed by atoms with Crippen LogP contribution in [-0.4, -0.2) is 32.5 Å². The summed E-state index contributed by atoms with van der Waals surface area (Å²) in [5, 5.41) is 13.5. The number of hydrogen-bond acceptors (Lipinski definition) is 4. The Morgan fingerprint density at radius 1 is 1.17 bits per heavy atom. The first-order valence-corrected chi connectivity index (χ1v) is 7.06. The molecule has 3 rings (SSSR count). The predicted molar refractivity (Wildman–Crippen MR) is 78.3 cm³/mol. The van der Waals surface area contributed by atoms with Crippen molar-refractivity contribution in [1.82, 2.24) is 25.4 Å². The summed E-state index contributed by atoms with van der Waals surface area (Å²) in [6, 6.07) is 8.44. The van der Waals surface area contributed by atoms with Gasteiger partial charge in [-0.15, -0.1) is 5.10 Å². The van der Waals surface area contributed by atoms with E-state index in [2.05, 4.69) is 20.8 Å². The van der Waals surface area contributed by atoms with Gasteiger partial charge in [0.2, 0.25) is 0 Å². The van der Waals surface area contributed by atoms with Gasteiger partial charge in [-0.05, 0) is 40.6 Å². The van der Waals surface area contributed by atoms with Crippen molar-refractivity contribution in [3.05, 3.63) is 59.3 Å². The molecule has 0 bridgehead atoms. The monoisotopic (exact) mass is 335 g/mol. The van der Waals surface area contributed by atoms with Gasteiger partial charge in [-0.2, -0.15) is 17.7 Å². The van der Waals surface area contributed by atoms with E-state index in [0.29, 0.717) is 11.2 Å². The number of pyridine rings is 1. The summed E-state index contributed by atoms with van der Waals surface area (Å²) in [6.45, 7) is 0.0829. The molecule has 3 aromatic rings. The molecule has 0 aliphatic carbocycles. The number of nitrogens with one attached hydrogen (secondary N) is 1. The lowest BCUT2D eigenvalue weighted by Crippen LogP contribution is -2.26. The molecule has 0 atom stereocenters. The van der Waals surface area contributed by atoms with Gasteiger partial charge in [-0.1, -0.05) is 18.2 Å². The third-order valence-electron chi connectivity index (χ3n) is 3.46. The summed E-state index contributed by atoms with van der Waals surface area (Å²) in [4.78, 5) is 12.1. The second kappa shape index (κ2) is 6.26. The Hall–Kier alpha value is -2.97. The summed E-state index contributed by atoms with van der Waals surface area (Å²) in [6.07, 6.45) is -2.88. The molecule has 0 saturated heterocycles. The van der Waals surface area contributed by atoms with E-state index in [4.69, 9.17) is 0 Å². The molecular formula is C15H12F3N5O. The Morgan fingerprint density at radius 3 is 2.75 bits per heavy atom. The van der Waals surface area contributed by atoms with Crippen molar-refractivity contribution in [3.8, 4) is 0 Å². The molecule has 1 aromatic carbocycles. The first-order chi connectivity index (χ1) is 11.4. The van der Waals surface area contributed by atoms with Gasteiger partial charge in [0.15, 0.2) is 5.65 Å². The van der Waals surface area contributed by atoms with Gasteiger partial charge in [0.1, 0.15) is 0 Å². The highest BCUT2D eigenvalue weighted by atomic mass is 19.4. The van der Waals surface area contributed by atoms with Crippen LogP contribution >= 0.6 is 0 Å². The molecule has 0 spiro atoms. The van der Waals surface area contributed by atoms with E-state index >= 15 is 0 Å². The average Bonchev–Trinajstić information content (AvgIpc) is 3.01. The highest BCUT2D eigenvalue weighted by Gasteiger charge is 2.32. The maximum Gasteiger partial charge on any atom is 0.416 e. The van der Waals surface area contributed by atoms with Crippen LogP contribution < -0.4 is 5.32 Å². The molecule has 1 N–H and O–H groups in total. The molecule has 0 fully saturated rings. The molecule has 124 valence electrons. The minimum Gasteiger partial charge on any atom is -0.352 e. The lowest BCUT2D eigenvalue weighted by molar-refractivity contribution is -0.138. The van der Waals surface area contributed by atoms with Crippen LogP contribution in [0.25, 0.3) is 5.65 Å². The summed E-state index contributed by atoms with van der Waals surface area (Å²) in [5.41, 5.74) is 0.264. The van der Waals surface area contributed by atoms with E-state index in [1.807, 2.05) is 0 Å². The number of benzene rings is 1. The summed E-state index contributed by atoms with van der Waals surface area (Å²) >= 11 is 0. The Labute approximate surface area is 134 Å². The minimum atomic E-state index is -4.41. The van der Waals surface area contributed by atoms with Crippen molar-refractivity contribution in [3.63, 3.8) is 0 Å². The van der Waals surface area contributed by atoms with Crippen LogP contribution in [0.3, 0.4) is 0 Å². The fraction of sp³-hybridized carbons (Fsp3) is 0.200. The number of carbonyl (C=O) groups is 1. The largest absolute Gasteiger partial charge is 0.416 e. The van der Waals surface area contributed by atoms with Crippen molar-refractivity contribution < 1.29 is 18.0 Å².